The van der Waals surface area contributed by atoms with Gasteiger partial charge in [-0.25, -0.2) is 8.78 Å². The number of furan rings is 1. The van der Waals surface area contributed by atoms with Gasteiger partial charge in [0, 0.05) is 22.6 Å². The number of alkyl halides is 1. The van der Waals surface area contributed by atoms with Crippen molar-refractivity contribution in [1.82, 2.24) is 0 Å². The van der Waals surface area contributed by atoms with Gasteiger partial charge >= 0.3 is 5.97 Å². The maximum absolute atomic E-state index is 13.7. The fraction of sp³-hybridized carbons (Fsp3) is 0.160. The van der Waals surface area contributed by atoms with E-state index >= 15 is 0 Å². The van der Waals surface area contributed by atoms with Crippen molar-refractivity contribution in [2.45, 2.75) is 19.1 Å². The van der Waals surface area contributed by atoms with Crippen LogP contribution in [0.2, 0.25) is 0 Å². The number of aliphatic carboxylic acids is 1. The fourth-order valence-electron chi connectivity index (χ4n) is 3.60. The molecule has 1 atom stereocenters. The van der Waals surface area contributed by atoms with E-state index in [-0.39, 0.29) is 18.8 Å². The number of hydrogen-bond donors (Lipinski definition) is 2. The summed E-state index contributed by atoms with van der Waals surface area (Å²) < 4.78 is 38.2. The number of hydrogen-bond acceptors (Lipinski definition) is 4. The fourth-order valence-corrected chi connectivity index (χ4v) is 3.60. The van der Waals surface area contributed by atoms with Gasteiger partial charge in [-0.2, -0.15) is 0 Å². The number of carboxylic acids is 1. The van der Waals surface area contributed by atoms with Crippen LogP contribution in [-0.2, 0) is 17.8 Å². The lowest BCUT2D eigenvalue weighted by atomic mass is 9.97. The highest BCUT2D eigenvalue weighted by Gasteiger charge is 2.14. The number of nitrogens with two attached hydrogens (primary N) is 1. The molecule has 0 bridgehead atoms. The first-order chi connectivity index (χ1) is 15.4. The highest BCUT2D eigenvalue weighted by atomic mass is 19.1. The summed E-state index contributed by atoms with van der Waals surface area (Å²) in [6, 6.07) is 15.9. The van der Waals surface area contributed by atoms with E-state index in [0.29, 0.717) is 16.7 Å². The number of carboxylic acid groups (broad SMARTS) is 1. The summed E-state index contributed by atoms with van der Waals surface area (Å²) in [6.07, 6.45) is 1.30. The van der Waals surface area contributed by atoms with Crippen LogP contribution in [0.4, 0.5) is 8.78 Å². The number of carbonyl (C=O) groups is 1. The Balaban J connectivity index is 1.68. The van der Waals surface area contributed by atoms with Gasteiger partial charge in [0.15, 0.2) is 0 Å². The van der Waals surface area contributed by atoms with Gasteiger partial charge in [0.2, 0.25) is 0 Å². The van der Waals surface area contributed by atoms with E-state index < -0.39 is 24.5 Å². The molecule has 1 aromatic heterocycles. The summed E-state index contributed by atoms with van der Waals surface area (Å²) in [5, 5.41) is 9.93. The Bertz CT molecular complexity index is 1270. The molecule has 0 saturated carbocycles. The predicted octanol–water partition coefficient (Wildman–Crippen LogP) is 5.41. The first-order valence-electron chi connectivity index (χ1n) is 9.99. The summed E-state index contributed by atoms with van der Waals surface area (Å²) in [4.78, 5) is 11.1. The summed E-state index contributed by atoms with van der Waals surface area (Å²) in [5.74, 6) is -1.37. The lowest BCUT2D eigenvalue weighted by Crippen LogP contribution is -2.11. The molecule has 4 rings (SSSR count). The summed E-state index contributed by atoms with van der Waals surface area (Å²) in [5.41, 5.74) is 9.94. The smallest absolute Gasteiger partial charge is 0.307 e. The third-order valence-electron chi connectivity index (χ3n) is 5.17. The summed E-state index contributed by atoms with van der Waals surface area (Å²) >= 11 is 0. The minimum absolute atomic E-state index is 0.0911. The zero-order chi connectivity index (χ0) is 22.7. The Hall–Kier alpha value is -3.71. The molecule has 164 valence electrons. The van der Waals surface area contributed by atoms with Crippen molar-refractivity contribution in [3.63, 3.8) is 0 Å². The van der Waals surface area contributed by atoms with Gasteiger partial charge in [-0.3, -0.25) is 4.79 Å². The number of rotatable bonds is 8. The Kier molecular flexibility index (Phi) is 6.18. The second-order valence-corrected chi connectivity index (χ2v) is 7.48. The third-order valence-corrected chi connectivity index (χ3v) is 5.17. The molecule has 0 aliphatic carbocycles. The molecule has 0 amide bonds. The number of fused-ring (bicyclic) bond motifs is 1. The Morgan fingerprint density at radius 1 is 1.12 bits per heavy atom. The molecule has 3 N–H and O–H groups in total. The zero-order valence-electron chi connectivity index (χ0n) is 17.1. The Morgan fingerprint density at radius 3 is 2.75 bits per heavy atom. The van der Waals surface area contributed by atoms with Crippen molar-refractivity contribution in [1.29, 1.82) is 0 Å². The molecule has 0 aliphatic heterocycles. The second kappa shape index (κ2) is 9.20. The molecule has 5 nitrogen and oxygen atoms in total. The van der Waals surface area contributed by atoms with Gasteiger partial charge in [0.25, 0.3) is 0 Å². The molecule has 0 radical (unpaired) electrons. The minimum Gasteiger partial charge on any atom is -0.488 e. The van der Waals surface area contributed by atoms with Crippen molar-refractivity contribution in [3.05, 3.63) is 89.4 Å². The van der Waals surface area contributed by atoms with E-state index in [0.717, 1.165) is 22.1 Å². The molecule has 0 spiro atoms. The molecule has 32 heavy (non-hydrogen) atoms. The van der Waals surface area contributed by atoms with E-state index in [4.69, 9.17) is 20.0 Å². The topological polar surface area (TPSA) is 85.7 Å². The van der Waals surface area contributed by atoms with Crippen LogP contribution in [0, 0.1) is 5.82 Å². The highest BCUT2D eigenvalue weighted by molar-refractivity contribution is 5.93. The van der Waals surface area contributed by atoms with Crippen LogP contribution in [-0.4, -0.2) is 17.8 Å². The van der Waals surface area contributed by atoms with E-state index in [1.807, 2.05) is 36.4 Å². The van der Waals surface area contributed by atoms with Crippen molar-refractivity contribution < 1.29 is 27.8 Å². The van der Waals surface area contributed by atoms with Gasteiger partial charge in [-0.1, -0.05) is 24.3 Å². The molecule has 7 heteroatoms. The van der Waals surface area contributed by atoms with Gasteiger partial charge in [-0.05, 0) is 47.0 Å². The second-order valence-electron chi connectivity index (χ2n) is 7.48. The molecule has 0 saturated heterocycles. The molecule has 1 heterocycles. The largest absolute Gasteiger partial charge is 0.488 e. The normalized spacial score (nSPS) is 12.1. The number of ether oxygens (including phenoxy) is 1. The molecule has 0 unspecified atom stereocenters. The molecular formula is C25H21F2NO4. The molecule has 0 aliphatic rings. The van der Waals surface area contributed by atoms with Crippen LogP contribution in [0.15, 0.2) is 71.3 Å². The quantitative estimate of drug-likeness (QED) is 0.385. The van der Waals surface area contributed by atoms with Crippen LogP contribution in [0.5, 0.6) is 5.75 Å². The van der Waals surface area contributed by atoms with Crippen LogP contribution >= 0.6 is 0 Å². The Labute approximate surface area is 183 Å². The van der Waals surface area contributed by atoms with Gasteiger partial charge in [-0.15, -0.1) is 0 Å². The maximum Gasteiger partial charge on any atom is 0.307 e. The number of halogens is 2. The first-order valence-corrected chi connectivity index (χ1v) is 9.99. The SMILES string of the molecule is N[C@@H](CF)c1cccc(-c2cc(COc3cc(F)ccc3CC(=O)O)cc3ccoc23)c1. The average Bonchev–Trinajstić information content (AvgIpc) is 3.26. The van der Waals surface area contributed by atoms with Crippen LogP contribution in [0.25, 0.3) is 22.1 Å². The van der Waals surface area contributed by atoms with E-state index in [2.05, 4.69) is 0 Å². The van der Waals surface area contributed by atoms with Gasteiger partial charge < -0.3 is 20.0 Å². The standard InChI is InChI=1S/C25H21F2NO4/c26-13-22(28)17-3-1-2-16(10-17)21-9-15(8-19-6-7-31-25(19)21)14-32-23-12-20(27)5-4-18(23)11-24(29)30/h1-10,12,22H,11,13-14,28H2,(H,29,30)/t22-/m0/s1. The van der Waals surface area contributed by atoms with E-state index in [9.17, 15) is 13.6 Å². The molecular weight excluding hydrogens is 416 g/mol. The lowest BCUT2D eigenvalue weighted by Gasteiger charge is -2.13. The predicted molar refractivity (Wildman–Crippen MR) is 117 cm³/mol. The van der Waals surface area contributed by atoms with Crippen molar-refractivity contribution in [2.24, 2.45) is 5.73 Å². The van der Waals surface area contributed by atoms with Crippen molar-refractivity contribution >= 4 is 16.9 Å². The zero-order valence-corrected chi connectivity index (χ0v) is 17.1. The summed E-state index contributed by atoms with van der Waals surface area (Å²) in [7, 11) is 0. The number of benzene rings is 3. The third kappa shape index (κ3) is 4.63. The van der Waals surface area contributed by atoms with E-state index in [1.165, 1.54) is 18.2 Å². The van der Waals surface area contributed by atoms with E-state index in [1.54, 1.807) is 12.3 Å². The van der Waals surface area contributed by atoms with Crippen LogP contribution < -0.4 is 10.5 Å². The summed E-state index contributed by atoms with van der Waals surface area (Å²) in [6.45, 7) is -0.576. The van der Waals surface area contributed by atoms with Crippen molar-refractivity contribution in [2.75, 3.05) is 6.67 Å². The lowest BCUT2D eigenvalue weighted by molar-refractivity contribution is -0.136. The van der Waals surface area contributed by atoms with Crippen LogP contribution in [0.1, 0.15) is 22.7 Å². The molecule has 0 fully saturated rings. The highest BCUT2D eigenvalue weighted by Crippen LogP contribution is 2.33. The maximum atomic E-state index is 13.7. The molecule has 4 aromatic rings. The Morgan fingerprint density at radius 2 is 1.97 bits per heavy atom. The van der Waals surface area contributed by atoms with Gasteiger partial charge in [0.05, 0.1) is 18.7 Å². The average molecular weight is 437 g/mol. The van der Waals surface area contributed by atoms with Crippen LogP contribution in [0.3, 0.4) is 0 Å². The van der Waals surface area contributed by atoms with Crippen molar-refractivity contribution in [3.8, 4) is 16.9 Å². The molecule has 3 aromatic carbocycles. The van der Waals surface area contributed by atoms with Gasteiger partial charge in [0.1, 0.15) is 30.4 Å². The minimum atomic E-state index is -1.03. The monoisotopic (exact) mass is 437 g/mol. The first kappa shape index (κ1) is 21.5.